The summed E-state index contributed by atoms with van der Waals surface area (Å²) < 4.78 is 6.27. The van der Waals surface area contributed by atoms with Gasteiger partial charge in [-0.1, -0.05) is 36.8 Å². The average Bonchev–Trinajstić information content (AvgIpc) is 2.65. The predicted octanol–water partition coefficient (Wildman–Crippen LogP) is 3.90. The van der Waals surface area contributed by atoms with Gasteiger partial charge in [-0.05, 0) is 56.4 Å². The summed E-state index contributed by atoms with van der Waals surface area (Å²) in [6, 6.07) is 15.8. The van der Waals surface area contributed by atoms with Crippen LogP contribution in [0.1, 0.15) is 37.7 Å². The van der Waals surface area contributed by atoms with Crippen molar-refractivity contribution in [1.82, 2.24) is 0 Å². The second-order valence-electron chi connectivity index (χ2n) is 7.16. The molecule has 0 atom stereocenters. The molecule has 27 heavy (non-hydrogen) atoms. The molecule has 2 aromatic carbocycles. The molecule has 1 aliphatic heterocycles. The van der Waals surface area contributed by atoms with Gasteiger partial charge in [-0.3, -0.25) is 4.90 Å². The Bertz CT molecular complexity index is 885. The zero-order chi connectivity index (χ0) is 18.9. The first-order valence-electron chi connectivity index (χ1n) is 9.41. The Balaban J connectivity index is 1.82. The van der Waals surface area contributed by atoms with E-state index in [1.165, 1.54) is 6.42 Å². The standard InChI is InChI=1S/C21H25N5O/c1-15-9-8-12-17(18(15)27-16-10-4-2-5-11-16)26-20(23)24-19(22)25-21(26)13-6-3-7-14-21/h2,4-5,8-12H,3,6-7,13-14H2,1H3,(H4,22,23,24,25). The molecule has 2 aliphatic rings. The van der Waals surface area contributed by atoms with Crippen molar-refractivity contribution < 1.29 is 4.74 Å². The Hall–Kier alpha value is -3.02. The SMILES string of the molecule is Cc1cccc(N2C(N)=NC(N)=NC23CCCCC3)c1Oc1ccccc1. The summed E-state index contributed by atoms with van der Waals surface area (Å²) in [5.41, 5.74) is 13.8. The highest BCUT2D eigenvalue weighted by molar-refractivity contribution is 6.06. The Morgan fingerprint density at radius 2 is 1.70 bits per heavy atom. The van der Waals surface area contributed by atoms with E-state index >= 15 is 0 Å². The van der Waals surface area contributed by atoms with Crippen LogP contribution >= 0.6 is 0 Å². The summed E-state index contributed by atoms with van der Waals surface area (Å²) in [7, 11) is 0. The second-order valence-corrected chi connectivity index (χ2v) is 7.16. The lowest BCUT2D eigenvalue weighted by molar-refractivity contribution is 0.304. The van der Waals surface area contributed by atoms with Crippen molar-refractivity contribution in [3.63, 3.8) is 0 Å². The van der Waals surface area contributed by atoms with Crippen LogP contribution in [0.2, 0.25) is 0 Å². The molecule has 0 radical (unpaired) electrons. The Morgan fingerprint density at radius 3 is 2.44 bits per heavy atom. The molecule has 2 aromatic rings. The molecule has 1 saturated carbocycles. The molecule has 1 aliphatic carbocycles. The molecule has 1 spiro atoms. The van der Waals surface area contributed by atoms with Gasteiger partial charge in [0.2, 0.25) is 11.9 Å². The smallest absolute Gasteiger partial charge is 0.220 e. The van der Waals surface area contributed by atoms with E-state index in [2.05, 4.69) is 4.99 Å². The van der Waals surface area contributed by atoms with E-state index in [4.69, 9.17) is 21.2 Å². The van der Waals surface area contributed by atoms with Gasteiger partial charge in [0.05, 0.1) is 5.69 Å². The van der Waals surface area contributed by atoms with Gasteiger partial charge in [-0.25, -0.2) is 4.99 Å². The van der Waals surface area contributed by atoms with E-state index < -0.39 is 5.66 Å². The third-order valence-corrected chi connectivity index (χ3v) is 5.25. The van der Waals surface area contributed by atoms with Crippen LogP contribution in [0.25, 0.3) is 0 Å². The van der Waals surface area contributed by atoms with Crippen molar-refractivity contribution >= 4 is 17.6 Å². The van der Waals surface area contributed by atoms with Gasteiger partial charge < -0.3 is 16.2 Å². The molecule has 6 nitrogen and oxygen atoms in total. The summed E-state index contributed by atoms with van der Waals surface area (Å²) in [4.78, 5) is 11.0. The maximum Gasteiger partial charge on any atom is 0.220 e. The van der Waals surface area contributed by atoms with Gasteiger partial charge >= 0.3 is 0 Å². The molecule has 0 amide bonds. The molecule has 0 saturated heterocycles. The maximum absolute atomic E-state index is 6.38. The van der Waals surface area contributed by atoms with Crippen molar-refractivity contribution in [2.45, 2.75) is 44.7 Å². The maximum atomic E-state index is 6.38. The van der Waals surface area contributed by atoms with Gasteiger partial charge in [0, 0.05) is 0 Å². The number of hydrogen-bond donors (Lipinski definition) is 2. The fourth-order valence-electron chi connectivity index (χ4n) is 4.02. The van der Waals surface area contributed by atoms with Gasteiger partial charge in [-0.15, -0.1) is 0 Å². The molecule has 140 valence electrons. The van der Waals surface area contributed by atoms with Gasteiger partial charge in [0.25, 0.3) is 0 Å². The number of hydrogen-bond acceptors (Lipinski definition) is 6. The Labute approximate surface area is 159 Å². The quantitative estimate of drug-likeness (QED) is 0.865. The lowest BCUT2D eigenvalue weighted by atomic mass is 9.87. The van der Waals surface area contributed by atoms with Gasteiger partial charge in [0.15, 0.2) is 5.75 Å². The van der Waals surface area contributed by atoms with E-state index in [0.717, 1.165) is 48.4 Å². The molecule has 4 N–H and O–H groups in total. The van der Waals surface area contributed by atoms with Crippen molar-refractivity contribution in [2.75, 3.05) is 4.90 Å². The third-order valence-electron chi connectivity index (χ3n) is 5.25. The zero-order valence-electron chi connectivity index (χ0n) is 15.6. The van der Waals surface area contributed by atoms with Crippen LogP contribution in [0.3, 0.4) is 0 Å². The van der Waals surface area contributed by atoms with Crippen LogP contribution < -0.4 is 21.1 Å². The number of nitrogens with two attached hydrogens (primary N) is 2. The first-order chi connectivity index (χ1) is 13.1. The van der Waals surface area contributed by atoms with Crippen LogP contribution in [-0.4, -0.2) is 17.6 Å². The number of aryl methyl sites for hydroxylation is 1. The van der Waals surface area contributed by atoms with E-state index in [0.29, 0.717) is 5.96 Å². The molecular formula is C21H25N5O. The fourth-order valence-corrected chi connectivity index (χ4v) is 4.02. The molecular weight excluding hydrogens is 338 g/mol. The average molecular weight is 363 g/mol. The minimum atomic E-state index is -0.489. The summed E-state index contributed by atoms with van der Waals surface area (Å²) in [5, 5.41) is 0. The van der Waals surface area contributed by atoms with Gasteiger partial charge in [-0.2, -0.15) is 4.99 Å². The van der Waals surface area contributed by atoms with Crippen LogP contribution in [-0.2, 0) is 0 Å². The van der Waals surface area contributed by atoms with Crippen molar-refractivity contribution in [3.8, 4) is 11.5 Å². The predicted molar refractivity (Wildman–Crippen MR) is 109 cm³/mol. The van der Waals surface area contributed by atoms with E-state index in [1.807, 2.05) is 60.4 Å². The Morgan fingerprint density at radius 1 is 0.963 bits per heavy atom. The molecule has 1 fully saturated rings. The van der Waals surface area contributed by atoms with Crippen molar-refractivity contribution in [2.24, 2.45) is 21.5 Å². The Kier molecular flexibility index (Phi) is 4.48. The first-order valence-corrected chi connectivity index (χ1v) is 9.41. The number of anilines is 1. The van der Waals surface area contributed by atoms with Crippen LogP contribution in [0, 0.1) is 6.92 Å². The molecule has 0 unspecified atom stereocenters. The highest BCUT2D eigenvalue weighted by atomic mass is 16.5. The van der Waals surface area contributed by atoms with E-state index in [9.17, 15) is 0 Å². The number of guanidine groups is 2. The second kappa shape index (κ2) is 6.95. The monoisotopic (exact) mass is 363 g/mol. The molecule has 6 heteroatoms. The number of benzene rings is 2. The zero-order valence-corrected chi connectivity index (χ0v) is 15.6. The lowest BCUT2D eigenvalue weighted by Gasteiger charge is -2.46. The number of aliphatic imine (C=N–C) groups is 2. The molecule has 1 heterocycles. The normalized spacial score (nSPS) is 18.8. The van der Waals surface area contributed by atoms with Crippen LogP contribution in [0.15, 0.2) is 58.5 Å². The minimum absolute atomic E-state index is 0.254. The van der Waals surface area contributed by atoms with Crippen LogP contribution in [0.4, 0.5) is 5.69 Å². The van der Waals surface area contributed by atoms with E-state index in [1.54, 1.807) is 0 Å². The fraction of sp³-hybridized carbons (Fsp3) is 0.333. The summed E-state index contributed by atoms with van der Waals surface area (Å²) in [6.07, 6.45) is 5.15. The van der Waals surface area contributed by atoms with Crippen LogP contribution in [0.5, 0.6) is 11.5 Å². The molecule has 0 bridgehead atoms. The number of rotatable bonds is 3. The highest BCUT2D eigenvalue weighted by Gasteiger charge is 2.43. The van der Waals surface area contributed by atoms with E-state index in [-0.39, 0.29) is 5.96 Å². The number of nitrogens with zero attached hydrogens (tertiary/aromatic N) is 3. The summed E-state index contributed by atoms with van der Waals surface area (Å²) in [5.74, 6) is 2.17. The van der Waals surface area contributed by atoms with Gasteiger partial charge in [0.1, 0.15) is 11.4 Å². The lowest BCUT2D eigenvalue weighted by Crippen LogP contribution is -2.58. The van der Waals surface area contributed by atoms with Crippen molar-refractivity contribution in [1.29, 1.82) is 0 Å². The topological polar surface area (TPSA) is 89.2 Å². The summed E-state index contributed by atoms with van der Waals surface area (Å²) in [6.45, 7) is 2.03. The number of ether oxygens (including phenoxy) is 1. The minimum Gasteiger partial charge on any atom is -0.455 e. The molecule has 0 aromatic heterocycles. The first kappa shape index (κ1) is 17.4. The molecule has 4 rings (SSSR count). The highest BCUT2D eigenvalue weighted by Crippen LogP contribution is 2.44. The third kappa shape index (κ3) is 3.23. The summed E-state index contributed by atoms with van der Waals surface area (Å²) >= 11 is 0. The largest absolute Gasteiger partial charge is 0.455 e. The number of para-hydroxylation sites is 2. The van der Waals surface area contributed by atoms with Crippen molar-refractivity contribution in [3.05, 3.63) is 54.1 Å².